The van der Waals surface area contributed by atoms with E-state index in [4.69, 9.17) is 4.74 Å². The molecule has 3 aliphatic rings. The van der Waals surface area contributed by atoms with Gasteiger partial charge in [-0.25, -0.2) is 4.79 Å². The fourth-order valence-corrected chi connectivity index (χ4v) is 5.61. The monoisotopic (exact) mass is 405 g/mol. The first kappa shape index (κ1) is 19.6. The molecule has 2 N–H and O–H groups in total. The van der Waals surface area contributed by atoms with Gasteiger partial charge in [-0.15, -0.1) is 0 Å². The van der Waals surface area contributed by atoms with Crippen molar-refractivity contribution < 1.29 is 9.53 Å². The summed E-state index contributed by atoms with van der Waals surface area (Å²) < 4.78 is 5.76. The predicted molar refractivity (Wildman–Crippen MR) is 117 cm³/mol. The number of hydrogen-bond acceptors (Lipinski definition) is 4. The Morgan fingerprint density at radius 1 is 0.933 bits per heavy atom. The molecule has 2 aromatic carbocycles. The van der Waals surface area contributed by atoms with Crippen LogP contribution in [0.15, 0.2) is 60.7 Å². The Kier molecular flexibility index (Phi) is 4.64. The number of carbonyl (C=O) groups is 1. The number of nitrogens with zero attached hydrogens (tertiary/aromatic N) is 1. The van der Waals surface area contributed by atoms with E-state index in [9.17, 15) is 4.79 Å². The van der Waals surface area contributed by atoms with Gasteiger partial charge < -0.3 is 4.74 Å². The van der Waals surface area contributed by atoms with Crippen LogP contribution in [-0.4, -0.2) is 34.3 Å². The molecule has 0 saturated carbocycles. The van der Waals surface area contributed by atoms with Crippen LogP contribution in [0.1, 0.15) is 63.2 Å². The smallest absolute Gasteiger partial charge is 0.410 e. The number of amides is 1. The number of carbonyl (C=O) groups excluding carboxylic acids is 1. The molecule has 3 heterocycles. The highest BCUT2D eigenvalue weighted by Gasteiger charge is 2.62. The van der Waals surface area contributed by atoms with E-state index in [0.717, 1.165) is 19.3 Å². The van der Waals surface area contributed by atoms with E-state index in [-0.39, 0.29) is 35.9 Å². The fourth-order valence-electron chi connectivity index (χ4n) is 5.61. The number of benzene rings is 2. The van der Waals surface area contributed by atoms with Crippen molar-refractivity contribution in [2.75, 3.05) is 0 Å². The summed E-state index contributed by atoms with van der Waals surface area (Å²) in [7, 11) is 0. The van der Waals surface area contributed by atoms with Crippen LogP contribution in [0.25, 0.3) is 0 Å². The number of rotatable bonds is 2. The Morgan fingerprint density at radius 2 is 1.47 bits per heavy atom. The van der Waals surface area contributed by atoms with Crippen LogP contribution in [0, 0.1) is 0 Å². The van der Waals surface area contributed by atoms with Crippen molar-refractivity contribution >= 4 is 6.09 Å². The SMILES string of the molecule is CC(C)(C)OC(=O)N1C2CCC1C1(C2)NC(c2ccccc2)C(c2ccccc2)N1. The molecule has 5 rings (SSSR count). The summed E-state index contributed by atoms with van der Waals surface area (Å²) in [6.07, 6.45) is 2.76. The van der Waals surface area contributed by atoms with Gasteiger partial charge in [0.2, 0.25) is 0 Å². The zero-order chi connectivity index (χ0) is 20.9. The lowest BCUT2D eigenvalue weighted by Gasteiger charge is -2.35. The average Bonchev–Trinajstić information content (AvgIpc) is 3.39. The van der Waals surface area contributed by atoms with Gasteiger partial charge in [-0.3, -0.25) is 15.5 Å². The molecule has 5 heteroatoms. The molecule has 30 heavy (non-hydrogen) atoms. The standard InChI is InChI=1S/C25H31N3O2/c1-24(2,3)30-23(29)28-19-14-15-20(28)25(16-19)26-21(17-10-6-4-7-11-17)22(27-25)18-12-8-5-9-13-18/h4-13,19-22,26-27H,14-16H2,1-3H3. The van der Waals surface area contributed by atoms with Crippen molar-refractivity contribution in [2.45, 2.75) is 75.5 Å². The van der Waals surface area contributed by atoms with E-state index in [1.165, 1.54) is 11.1 Å². The molecule has 2 bridgehead atoms. The van der Waals surface area contributed by atoms with Crippen molar-refractivity contribution in [3.05, 3.63) is 71.8 Å². The number of fused-ring (bicyclic) bond motifs is 3. The number of nitrogens with one attached hydrogen (secondary N) is 2. The molecule has 4 unspecified atom stereocenters. The highest BCUT2D eigenvalue weighted by atomic mass is 16.6. The van der Waals surface area contributed by atoms with Gasteiger partial charge in [0.05, 0.1) is 23.8 Å². The maximum atomic E-state index is 13.0. The zero-order valence-corrected chi connectivity index (χ0v) is 18.0. The second-order valence-corrected chi connectivity index (χ2v) is 9.88. The zero-order valence-electron chi connectivity index (χ0n) is 18.0. The third-order valence-corrected chi connectivity index (χ3v) is 6.71. The van der Waals surface area contributed by atoms with Crippen LogP contribution in [-0.2, 0) is 4.74 Å². The van der Waals surface area contributed by atoms with Gasteiger partial charge in [-0.1, -0.05) is 60.7 Å². The maximum absolute atomic E-state index is 13.0. The van der Waals surface area contributed by atoms with Gasteiger partial charge in [-0.05, 0) is 44.7 Å². The first-order valence-electron chi connectivity index (χ1n) is 11.0. The van der Waals surface area contributed by atoms with Crippen LogP contribution in [0.2, 0.25) is 0 Å². The molecule has 3 fully saturated rings. The molecule has 2 aromatic rings. The van der Waals surface area contributed by atoms with Crippen LogP contribution >= 0.6 is 0 Å². The van der Waals surface area contributed by atoms with Crippen molar-refractivity contribution in [1.29, 1.82) is 0 Å². The molecule has 0 radical (unpaired) electrons. The Balaban J connectivity index is 1.47. The largest absolute Gasteiger partial charge is 0.444 e. The van der Waals surface area contributed by atoms with E-state index < -0.39 is 5.60 Å². The fraction of sp³-hybridized carbons (Fsp3) is 0.480. The minimum absolute atomic E-state index is 0.0947. The van der Waals surface area contributed by atoms with Crippen molar-refractivity contribution in [3.63, 3.8) is 0 Å². The number of ether oxygens (including phenoxy) is 1. The number of hydrogen-bond donors (Lipinski definition) is 2. The molecular formula is C25H31N3O2. The maximum Gasteiger partial charge on any atom is 0.410 e. The molecule has 3 aliphatic heterocycles. The molecule has 4 atom stereocenters. The quantitative estimate of drug-likeness (QED) is 0.771. The summed E-state index contributed by atoms with van der Waals surface area (Å²) in [5, 5.41) is 7.90. The van der Waals surface area contributed by atoms with Gasteiger partial charge in [0.1, 0.15) is 5.60 Å². The van der Waals surface area contributed by atoms with Crippen LogP contribution in [0.3, 0.4) is 0 Å². The Morgan fingerprint density at radius 3 is 1.97 bits per heavy atom. The summed E-state index contributed by atoms with van der Waals surface area (Å²) in [6, 6.07) is 21.9. The molecule has 1 amide bonds. The first-order valence-corrected chi connectivity index (χ1v) is 11.0. The summed E-state index contributed by atoms with van der Waals surface area (Å²) >= 11 is 0. The molecule has 1 spiro atoms. The molecular weight excluding hydrogens is 374 g/mol. The minimum atomic E-state index is -0.484. The highest BCUT2D eigenvalue weighted by molar-refractivity contribution is 5.70. The first-order chi connectivity index (χ1) is 14.4. The summed E-state index contributed by atoms with van der Waals surface area (Å²) in [4.78, 5) is 15.0. The van der Waals surface area contributed by atoms with Crippen molar-refractivity contribution in [2.24, 2.45) is 0 Å². The van der Waals surface area contributed by atoms with Crippen LogP contribution in [0.4, 0.5) is 4.79 Å². The predicted octanol–water partition coefficient (Wildman–Crippen LogP) is 4.53. The Hall–Kier alpha value is -2.37. The third-order valence-electron chi connectivity index (χ3n) is 6.71. The average molecular weight is 406 g/mol. The highest BCUT2D eigenvalue weighted by Crippen LogP contribution is 2.50. The summed E-state index contributed by atoms with van der Waals surface area (Å²) in [5.74, 6) is 0. The summed E-state index contributed by atoms with van der Waals surface area (Å²) in [6.45, 7) is 5.80. The lowest BCUT2D eigenvalue weighted by atomic mass is 9.89. The molecule has 3 saturated heterocycles. The second kappa shape index (κ2) is 7.10. The molecule has 5 nitrogen and oxygen atoms in total. The van der Waals surface area contributed by atoms with Gasteiger partial charge in [0.15, 0.2) is 0 Å². The van der Waals surface area contributed by atoms with Gasteiger partial charge in [0, 0.05) is 12.5 Å². The Bertz CT molecular complexity index is 861. The third kappa shape index (κ3) is 3.30. The minimum Gasteiger partial charge on any atom is -0.444 e. The van der Waals surface area contributed by atoms with E-state index in [0.29, 0.717) is 0 Å². The molecule has 0 aromatic heterocycles. The summed E-state index contributed by atoms with van der Waals surface area (Å²) in [5.41, 5.74) is 1.76. The van der Waals surface area contributed by atoms with Gasteiger partial charge in [-0.2, -0.15) is 0 Å². The lowest BCUT2D eigenvalue weighted by Crippen LogP contribution is -2.59. The normalized spacial score (nSPS) is 32.7. The molecule has 158 valence electrons. The second-order valence-electron chi connectivity index (χ2n) is 9.88. The van der Waals surface area contributed by atoms with Crippen LogP contribution < -0.4 is 10.6 Å². The van der Waals surface area contributed by atoms with Crippen LogP contribution in [0.5, 0.6) is 0 Å². The van der Waals surface area contributed by atoms with Crippen molar-refractivity contribution in [3.8, 4) is 0 Å². The van der Waals surface area contributed by atoms with E-state index >= 15 is 0 Å². The Labute approximate surface area is 178 Å². The van der Waals surface area contributed by atoms with E-state index in [2.05, 4.69) is 71.3 Å². The van der Waals surface area contributed by atoms with E-state index in [1.54, 1.807) is 0 Å². The topological polar surface area (TPSA) is 53.6 Å². The molecule has 0 aliphatic carbocycles. The van der Waals surface area contributed by atoms with Gasteiger partial charge >= 0.3 is 6.09 Å². The lowest BCUT2D eigenvalue weighted by molar-refractivity contribution is 0.0188. The van der Waals surface area contributed by atoms with E-state index in [1.807, 2.05) is 25.7 Å². The van der Waals surface area contributed by atoms with Crippen molar-refractivity contribution in [1.82, 2.24) is 15.5 Å². The van der Waals surface area contributed by atoms with Gasteiger partial charge in [0.25, 0.3) is 0 Å².